The Labute approximate surface area is 97.6 Å². The smallest absolute Gasteiger partial charge is 0.280 e. The van der Waals surface area contributed by atoms with E-state index in [0.717, 1.165) is 5.57 Å². The van der Waals surface area contributed by atoms with Crippen molar-refractivity contribution in [2.24, 2.45) is 9.98 Å². The average Bonchev–Trinajstić information content (AvgIpc) is 2.38. The lowest BCUT2D eigenvalue weighted by molar-refractivity contribution is -0.714. The molecular formula is C8H9ClN3O3S+. The highest BCUT2D eigenvalue weighted by Gasteiger charge is 2.46. The van der Waals surface area contributed by atoms with Crippen molar-refractivity contribution in [2.75, 3.05) is 7.05 Å². The maximum absolute atomic E-state index is 11.0. The molecule has 0 amide bonds. The molecule has 86 valence electrons. The summed E-state index contributed by atoms with van der Waals surface area (Å²) in [5, 5.41) is -0.636. The summed E-state index contributed by atoms with van der Waals surface area (Å²) in [7, 11) is -2.79. The van der Waals surface area contributed by atoms with Gasteiger partial charge in [-0.3, -0.25) is 4.55 Å². The lowest BCUT2D eigenvalue weighted by Crippen LogP contribution is -2.40. The molecular weight excluding hydrogens is 254 g/mol. The normalized spacial score (nSPS) is 29.0. The fourth-order valence-electron chi connectivity index (χ4n) is 1.55. The molecule has 2 rings (SSSR count). The second kappa shape index (κ2) is 3.24. The number of hydrogen-bond donors (Lipinski definition) is 1. The monoisotopic (exact) mass is 262 g/mol. The Balaban J connectivity index is 2.68. The first-order chi connectivity index (χ1) is 7.25. The van der Waals surface area contributed by atoms with Crippen molar-refractivity contribution >= 4 is 33.9 Å². The van der Waals surface area contributed by atoms with Gasteiger partial charge in [-0.2, -0.15) is 22.9 Å². The molecule has 0 spiro atoms. The number of quaternary nitrogens is 1. The summed E-state index contributed by atoms with van der Waals surface area (Å²) >= 11 is 5.92. The van der Waals surface area contributed by atoms with Gasteiger partial charge in [-0.25, -0.2) is 0 Å². The standard InChI is InChI=1S/C8H8ClN3O3S/c1-5-3-10-8-11-7(16(13,14)15)6(9)12(8,2)4-5/h3-4H,1-2H3/p+1. The number of halogens is 1. The van der Waals surface area contributed by atoms with E-state index in [4.69, 9.17) is 16.2 Å². The third-order valence-corrected chi connectivity index (χ3v) is 3.71. The fraction of sp³-hybridized carbons (Fsp3) is 0.250. The second-order valence-corrected chi connectivity index (χ2v) is 5.38. The molecule has 0 fully saturated rings. The van der Waals surface area contributed by atoms with E-state index in [1.54, 1.807) is 26.4 Å². The van der Waals surface area contributed by atoms with Gasteiger partial charge in [-0.15, -0.1) is 0 Å². The lowest BCUT2D eigenvalue weighted by Gasteiger charge is -2.24. The lowest BCUT2D eigenvalue weighted by atomic mass is 10.3. The third-order valence-electron chi connectivity index (χ3n) is 2.29. The van der Waals surface area contributed by atoms with E-state index in [9.17, 15) is 8.42 Å². The maximum Gasteiger partial charge on any atom is 0.341 e. The summed E-state index contributed by atoms with van der Waals surface area (Å²) in [6.07, 6.45) is 3.25. The van der Waals surface area contributed by atoms with Crippen LogP contribution in [0.25, 0.3) is 0 Å². The zero-order chi connectivity index (χ0) is 12.1. The molecule has 1 unspecified atom stereocenters. The Morgan fingerprint density at radius 2 is 2.12 bits per heavy atom. The number of allylic oxidation sites excluding steroid dienone is 1. The van der Waals surface area contributed by atoms with Crippen LogP contribution in [0.15, 0.2) is 31.9 Å². The number of nitrogens with zero attached hydrogens (tertiary/aromatic N) is 3. The van der Waals surface area contributed by atoms with E-state index < -0.39 is 15.1 Å². The number of fused-ring (bicyclic) bond motifs is 1. The molecule has 1 N–H and O–H groups in total. The summed E-state index contributed by atoms with van der Waals surface area (Å²) in [5.74, 6) is 0.211. The van der Waals surface area contributed by atoms with Gasteiger partial charge in [0, 0.05) is 11.8 Å². The van der Waals surface area contributed by atoms with Gasteiger partial charge >= 0.3 is 16.1 Å². The average molecular weight is 263 g/mol. The van der Waals surface area contributed by atoms with Crippen molar-refractivity contribution in [1.82, 2.24) is 0 Å². The third kappa shape index (κ3) is 1.52. The molecule has 0 bridgehead atoms. The predicted molar refractivity (Wildman–Crippen MR) is 60.3 cm³/mol. The predicted octanol–water partition coefficient (Wildman–Crippen LogP) is 1.04. The van der Waals surface area contributed by atoms with Crippen LogP contribution in [0.4, 0.5) is 0 Å². The molecule has 2 aliphatic heterocycles. The van der Waals surface area contributed by atoms with E-state index in [1.807, 2.05) is 0 Å². The summed E-state index contributed by atoms with van der Waals surface area (Å²) in [6.45, 7) is 1.80. The molecule has 2 aliphatic rings. The zero-order valence-corrected chi connectivity index (χ0v) is 10.1. The number of rotatable bonds is 1. The maximum atomic E-state index is 11.0. The molecule has 0 aromatic heterocycles. The van der Waals surface area contributed by atoms with Crippen molar-refractivity contribution in [3.63, 3.8) is 0 Å². The summed E-state index contributed by atoms with van der Waals surface area (Å²) < 4.78 is 30.9. The molecule has 0 aromatic rings. The summed E-state index contributed by atoms with van der Waals surface area (Å²) in [6, 6.07) is 0. The SMILES string of the molecule is CC1=C[N+]2(C)C(=NC(S(=O)(=O)O)=C2Cl)N=C1. The quantitative estimate of drug-likeness (QED) is 0.436. The van der Waals surface area contributed by atoms with E-state index >= 15 is 0 Å². The van der Waals surface area contributed by atoms with E-state index in [1.165, 1.54) is 0 Å². The minimum Gasteiger partial charge on any atom is -0.280 e. The Hall–Kier alpha value is -1.02. The van der Waals surface area contributed by atoms with Crippen LogP contribution in [0.2, 0.25) is 0 Å². The van der Waals surface area contributed by atoms with Crippen molar-refractivity contribution in [3.05, 3.63) is 22.0 Å². The summed E-state index contributed by atoms with van der Waals surface area (Å²) in [5.41, 5.74) is 0.830. The Morgan fingerprint density at radius 3 is 2.69 bits per heavy atom. The Bertz CT molecular complexity index is 588. The van der Waals surface area contributed by atoms with Crippen LogP contribution in [0.1, 0.15) is 6.92 Å². The van der Waals surface area contributed by atoms with Gasteiger partial charge in [-0.05, 0) is 18.5 Å². The van der Waals surface area contributed by atoms with Crippen molar-refractivity contribution < 1.29 is 17.5 Å². The van der Waals surface area contributed by atoms with Crippen LogP contribution < -0.4 is 0 Å². The fourth-order valence-corrected chi connectivity index (χ4v) is 2.61. The minimum absolute atomic E-state index is 0.0892. The highest BCUT2D eigenvalue weighted by molar-refractivity contribution is 7.89. The van der Waals surface area contributed by atoms with Crippen molar-refractivity contribution in [2.45, 2.75) is 6.92 Å². The highest BCUT2D eigenvalue weighted by Crippen LogP contribution is 2.36. The zero-order valence-electron chi connectivity index (χ0n) is 8.55. The van der Waals surface area contributed by atoms with Crippen LogP contribution in [-0.2, 0) is 10.1 Å². The molecule has 0 aromatic carbocycles. The minimum atomic E-state index is -4.42. The molecule has 0 saturated carbocycles. The van der Waals surface area contributed by atoms with Gasteiger partial charge in [0.1, 0.15) is 6.20 Å². The van der Waals surface area contributed by atoms with Crippen LogP contribution in [0, 0.1) is 0 Å². The molecule has 1 atom stereocenters. The molecule has 0 aliphatic carbocycles. The Kier molecular flexibility index (Phi) is 2.32. The number of aliphatic imine (C=N–C) groups is 2. The molecule has 0 radical (unpaired) electrons. The van der Waals surface area contributed by atoms with Crippen molar-refractivity contribution in [1.29, 1.82) is 0 Å². The first-order valence-corrected chi connectivity index (χ1v) is 6.14. The van der Waals surface area contributed by atoms with Crippen LogP contribution in [-0.4, -0.2) is 36.7 Å². The van der Waals surface area contributed by atoms with Gasteiger partial charge in [-0.1, -0.05) is 0 Å². The first kappa shape index (κ1) is 11.5. The Morgan fingerprint density at radius 1 is 1.50 bits per heavy atom. The van der Waals surface area contributed by atoms with Gasteiger partial charge in [0.15, 0.2) is 0 Å². The molecule has 16 heavy (non-hydrogen) atoms. The van der Waals surface area contributed by atoms with Crippen LogP contribution in [0.5, 0.6) is 0 Å². The number of hydrogen-bond acceptors (Lipinski definition) is 4. The van der Waals surface area contributed by atoms with Gasteiger partial charge in [0.25, 0.3) is 10.2 Å². The topological polar surface area (TPSA) is 79.1 Å². The highest BCUT2D eigenvalue weighted by atomic mass is 35.5. The van der Waals surface area contributed by atoms with E-state index in [0.29, 0.717) is 0 Å². The van der Waals surface area contributed by atoms with Crippen molar-refractivity contribution in [3.8, 4) is 0 Å². The van der Waals surface area contributed by atoms with Gasteiger partial charge in [0.05, 0.1) is 7.05 Å². The van der Waals surface area contributed by atoms with Crippen LogP contribution in [0.3, 0.4) is 0 Å². The second-order valence-electron chi connectivity index (χ2n) is 3.69. The molecule has 2 heterocycles. The molecule has 8 heteroatoms. The van der Waals surface area contributed by atoms with Gasteiger partial charge < -0.3 is 0 Å². The summed E-state index contributed by atoms with van der Waals surface area (Å²) in [4.78, 5) is 7.71. The van der Waals surface area contributed by atoms with E-state index in [2.05, 4.69) is 9.98 Å². The number of guanidine groups is 1. The van der Waals surface area contributed by atoms with Crippen LogP contribution >= 0.6 is 11.6 Å². The molecule has 0 saturated heterocycles. The van der Waals surface area contributed by atoms with Gasteiger partial charge in [0.2, 0.25) is 0 Å². The van der Waals surface area contributed by atoms with E-state index in [-0.39, 0.29) is 15.6 Å². The first-order valence-electron chi connectivity index (χ1n) is 4.32. The molecule has 6 nitrogen and oxygen atoms in total. The largest absolute Gasteiger partial charge is 0.341 e.